The van der Waals surface area contributed by atoms with Crippen molar-refractivity contribution < 1.29 is 9.84 Å². The smallest absolute Gasteiger partial charge is 0.0619 e. The topological polar surface area (TPSA) is 41.5 Å². The van der Waals surface area contributed by atoms with E-state index in [0.717, 1.165) is 26.2 Å². The summed E-state index contributed by atoms with van der Waals surface area (Å²) in [6.45, 7) is 2.69. The number of ether oxygens (including phenoxy) is 1. The third kappa shape index (κ3) is 3.85. The fourth-order valence-corrected chi connectivity index (χ4v) is 1.29. The lowest BCUT2D eigenvalue weighted by Crippen LogP contribution is -2.36. The second-order valence-corrected chi connectivity index (χ2v) is 2.98. The van der Waals surface area contributed by atoms with E-state index >= 15 is 0 Å². The van der Waals surface area contributed by atoms with Gasteiger partial charge in [-0.3, -0.25) is 0 Å². The van der Waals surface area contributed by atoms with E-state index < -0.39 is 0 Å². The van der Waals surface area contributed by atoms with Gasteiger partial charge in [-0.2, -0.15) is 0 Å². The average Bonchev–Trinajstić information content (AvgIpc) is 2.14. The largest absolute Gasteiger partial charge is 0.392 e. The van der Waals surface area contributed by atoms with Gasteiger partial charge in [-0.1, -0.05) is 12.2 Å². The molecule has 0 aromatic carbocycles. The van der Waals surface area contributed by atoms with E-state index in [1.807, 2.05) is 6.08 Å². The Kier molecular flexibility index (Phi) is 4.99. The van der Waals surface area contributed by atoms with Crippen molar-refractivity contribution in [3.05, 3.63) is 12.2 Å². The highest BCUT2D eigenvalue weighted by Gasteiger charge is 2.11. The number of aliphatic hydroxyl groups excluding tert-OH is 1. The summed E-state index contributed by atoms with van der Waals surface area (Å²) in [4.78, 5) is 0. The van der Waals surface area contributed by atoms with E-state index in [9.17, 15) is 0 Å². The molecule has 1 aliphatic heterocycles. The molecule has 1 unspecified atom stereocenters. The van der Waals surface area contributed by atoms with Gasteiger partial charge in [0.1, 0.15) is 0 Å². The quantitative estimate of drug-likeness (QED) is 0.598. The highest BCUT2D eigenvalue weighted by atomic mass is 16.5. The van der Waals surface area contributed by atoms with Crippen LogP contribution in [0, 0.1) is 0 Å². The number of hydrogen-bond donors (Lipinski definition) is 2. The fraction of sp³-hybridized carbons (Fsp3) is 0.778. The second kappa shape index (κ2) is 6.17. The summed E-state index contributed by atoms with van der Waals surface area (Å²) in [7, 11) is 0. The molecule has 70 valence electrons. The number of hydrogen-bond acceptors (Lipinski definition) is 3. The highest BCUT2D eigenvalue weighted by Crippen LogP contribution is 2.04. The Morgan fingerprint density at radius 3 is 3.08 bits per heavy atom. The van der Waals surface area contributed by atoms with Gasteiger partial charge in [-0.25, -0.2) is 0 Å². The Hall–Kier alpha value is -0.380. The van der Waals surface area contributed by atoms with E-state index in [0.29, 0.717) is 6.04 Å². The predicted octanol–water partition coefficient (Wildman–Crippen LogP) is 0.303. The fourth-order valence-electron chi connectivity index (χ4n) is 1.29. The average molecular weight is 171 g/mol. The van der Waals surface area contributed by atoms with Crippen LogP contribution in [0.3, 0.4) is 0 Å². The molecule has 3 nitrogen and oxygen atoms in total. The Morgan fingerprint density at radius 1 is 1.50 bits per heavy atom. The molecule has 1 saturated heterocycles. The standard InChI is InChI=1S/C9H17NO2/c11-6-2-1-5-10-9-4-3-7-12-8-9/h1-2,9-11H,3-8H2/b2-1+. The number of rotatable bonds is 4. The van der Waals surface area contributed by atoms with Crippen LogP contribution in [0.25, 0.3) is 0 Å². The molecule has 0 amide bonds. The monoisotopic (exact) mass is 171 g/mol. The molecule has 0 aromatic heterocycles. The van der Waals surface area contributed by atoms with Gasteiger partial charge in [0.05, 0.1) is 13.2 Å². The first-order chi connectivity index (χ1) is 5.93. The summed E-state index contributed by atoms with van der Waals surface area (Å²) in [6.07, 6.45) is 6.04. The van der Waals surface area contributed by atoms with Crippen molar-refractivity contribution in [2.75, 3.05) is 26.4 Å². The van der Waals surface area contributed by atoms with Crippen LogP contribution in [0.1, 0.15) is 12.8 Å². The van der Waals surface area contributed by atoms with Crippen LogP contribution in [0.2, 0.25) is 0 Å². The third-order valence-corrected chi connectivity index (χ3v) is 1.96. The zero-order valence-electron chi connectivity index (χ0n) is 7.33. The van der Waals surface area contributed by atoms with Crippen LogP contribution in [-0.2, 0) is 4.74 Å². The van der Waals surface area contributed by atoms with E-state index in [4.69, 9.17) is 9.84 Å². The molecular formula is C9H17NO2. The van der Waals surface area contributed by atoms with Gasteiger partial charge in [0, 0.05) is 19.2 Å². The van der Waals surface area contributed by atoms with Crippen molar-refractivity contribution >= 4 is 0 Å². The van der Waals surface area contributed by atoms with E-state index in [1.165, 1.54) is 6.42 Å². The number of aliphatic hydroxyl groups is 1. The summed E-state index contributed by atoms with van der Waals surface area (Å²) in [6, 6.07) is 0.502. The maximum Gasteiger partial charge on any atom is 0.0619 e. The van der Waals surface area contributed by atoms with E-state index in [2.05, 4.69) is 5.32 Å². The summed E-state index contributed by atoms with van der Waals surface area (Å²) in [5, 5.41) is 11.8. The van der Waals surface area contributed by atoms with Crippen molar-refractivity contribution in [3.63, 3.8) is 0 Å². The molecular weight excluding hydrogens is 154 g/mol. The first kappa shape index (κ1) is 9.71. The van der Waals surface area contributed by atoms with Crippen molar-refractivity contribution in [1.82, 2.24) is 5.32 Å². The van der Waals surface area contributed by atoms with Gasteiger partial charge < -0.3 is 15.2 Å². The van der Waals surface area contributed by atoms with Gasteiger partial charge in [-0.15, -0.1) is 0 Å². The Labute approximate surface area is 73.4 Å². The molecule has 12 heavy (non-hydrogen) atoms. The molecule has 1 atom stereocenters. The molecule has 2 N–H and O–H groups in total. The minimum atomic E-state index is 0.128. The maximum absolute atomic E-state index is 8.46. The zero-order valence-corrected chi connectivity index (χ0v) is 7.33. The van der Waals surface area contributed by atoms with Crippen LogP contribution in [0.4, 0.5) is 0 Å². The van der Waals surface area contributed by atoms with Gasteiger partial charge in [0.15, 0.2) is 0 Å². The lowest BCUT2D eigenvalue weighted by Gasteiger charge is -2.22. The van der Waals surface area contributed by atoms with Crippen molar-refractivity contribution in [2.45, 2.75) is 18.9 Å². The molecule has 0 saturated carbocycles. The van der Waals surface area contributed by atoms with Crippen molar-refractivity contribution in [1.29, 1.82) is 0 Å². The minimum Gasteiger partial charge on any atom is -0.392 e. The first-order valence-corrected chi connectivity index (χ1v) is 4.50. The molecule has 0 aromatic rings. The van der Waals surface area contributed by atoms with Crippen LogP contribution < -0.4 is 5.32 Å². The van der Waals surface area contributed by atoms with Crippen LogP contribution in [-0.4, -0.2) is 37.5 Å². The van der Waals surface area contributed by atoms with Gasteiger partial charge >= 0.3 is 0 Å². The van der Waals surface area contributed by atoms with E-state index in [-0.39, 0.29) is 6.61 Å². The molecule has 1 fully saturated rings. The van der Waals surface area contributed by atoms with Gasteiger partial charge in [0.25, 0.3) is 0 Å². The SMILES string of the molecule is OC/C=C/CNC1CCCOC1. The second-order valence-electron chi connectivity index (χ2n) is 2.98. The van der Waals surface area contributed by atoms with Crippen LogP contribution in [0.5, 0.6) is 0 Å². The molecule has 3 heteroatoms. The Morgan fingerprint density at radius 2 is 2.42 bits per heavy atom. The highest BCUT2D eigenvalue weighted by molar-refractivity contribution is 4.84. The Bertz CT molecular complexity index is 130. The first-order valence-electron chi connectivity index (χ1n) is 4.50. The lowest BCUT2D eigenvalue weighted by molar-refractivity contribution is 0.0717. The van der Waals surface area contributed by atoms with Crippen molar-refractivity contribution in [3.8, 4) is 0 Å². The van der Waals surface area contributed by atoms with Gasteiger partial charge in [0.2, 0.25) is 0 Å². The zero-order chi connectivity index (χ0) is 8.65. The normalized spacial score (nSPS) is 24.9. The number of nitrogens with one attached hydrogen (secondary N) is 1. The summed E-state index contributed by atoms with van der Waals surface area (Å²) in [5.41, 5.74) is 0. The minimum absolute atomic E-state index is 0.128. The van der Waals surface area contributed by atoms with Gasteiger partial charge in [-0.05, 0) is 12.8 Å². The molecule has 0 radical (unpaired) electrons. The van der Waals surface area contributed by atoms with Crippen LogP contribution >= 0.6 is 0 Å². The molecule has 1 aliphatic rings. The Balaban J connectivity index is 2.01. The molecule has 0 bridgehead atoms. The lowest BCUT2D eigenvalue weighted by atomic mass is 10.1. The molecule has 1 heterocycles. The summed E-state index contributed by atoms with van der Waals surface area (Å²) >= 11 is 0. The summed E-state index contributed by atoms with van der Waals surface area (Å²) < 4.78 is 5.30. The molecule has 1 rings (SSSR count). The third-order valence-electron chi connectivity index (χ3n) is 1.96. The molecule has 0 spiro atoms. The maximum atomic E-state index is 8.46. The predicted molar refractivity (Wildman–Crippen MR) is 48.1 cm³/mol. The summed E-state index contributed by atoms with van der Waals surface area (Å²) in [5.74, 6) is 0. The van der Waals surface area contributed by atoms with Crippen LogP contribution in [0.15, 0.2) is 12.2 Å². The van der Waals surface area contributed by atoms with E-state index in [1.54, 1.807) is 6.08 Å². The molecule has 0 aliphatic carbocycles. The van der Waals surface area contributed by atoms with Crippen molar-refractivity contribution in [2.24, 2.45) is 0 Å².